The Bertz CT molecular complexity index is 223. The van der Waals surface area contributed by atoms with Crippen LogP contribution in [0.1, 0.15) is 0 Å². The van der Waals surface area contributed by atoms with E-state index in [-0.39, 0.29) is 12.3 Å². The molecule has 1 fully saturated rings. The van der Waals surface area contributed by atoms with Crippen LogP contribution < -0.4 is 5.32 Å². The summed E-state index contributed by atoms with van der Waals surface area (Å²) in [5.41, 5.74) is -0.0961. The highest BCUT2D eigenvalue weighted by molar-refractivity contribution is 5.87. The SMILES string of the molecule is O=C1OCCNC1=C[N+](=O)[O-]. The molecule has 0 radical (unpaired) electrons. The van der Waals surface area contributed by atoms with Crippen molar-refractivity contribution in [3.8, 4) is 0 Å². The Labute approximate surface area is 62.0 Å². The van der Waals surface area contributed by atoms with Crippen molar-refractivity contribution in [1.82, 2.24) is 5.32 Å². The van der Waals surface area contributed by atoms with Crippen LogP contribution in [0.3, 0.4) is 0 Å². The molecule has 0 atom stereocenters. The van der Waals surface area contributed by atoms with Gasteiger partial charge in [-0.25, -0.2) is 4.79 Å². The molecule has 1 aliphatic rings. The predicted octanol–water partition coefficient (Wildman–Crippen LogP) is -0.749. The Morgan fingerprint density at radius 1 is 1.73 bits per heavy atom. The van der Waals surface area contributed by atoms with E-state index >= 15 is 0 Å². The van der Waals surface area contributed by atoms with Gasteiger partial charge in [-0.1, -0.05) is 0 Å². The molecule has 11 heavy (non-hydrogen) atoms. The average Bonchev–Trinajstić information content (AvgIpc) is 1.93. The Morgan fingerprint density at radius 2 is 2.45 bits per heavy atom. The number of ether oxygens (including phenoxy) is 1. The van der Waals surface area contributed by atoms with Crippen molar-refractivity contribution < 1.29 is 14.5 Å². The standard InChI is InChI=1S/C5H6N2O4/c8-5-4(3-7(9)10)6-1-2-11-5/h3,6H,1-2H2. The Hall–Kier alpha value is -1.59. The van der Waals surface area contributed by atoms with E-state index in [1.807, 2.05) is 0 Å². The number of cyclic esters (lactones) is 1. The van der Waals surface area contributed by atoms with Crippen LogP contribution in [0.5, 0.6) is 0 Å². The second kappa shape index (κ2) is 3.00. The molecule has 0 unspecified atom stereocenters. The maximum absolute atomic E-state index is 10.7. The summed E-state index contributed by atoms with van der Waals surface area (Å²) in [5.74, 6) is -0.673. The summed E-state index contributed by atoms with van der Waals surface area (Å²) in [6.45, 7) is 0.680. The lowest BCUT2D eigenvalue weighted by molar-refractivity contribution is -0.403. The van der Waals surface area contributed by atoms with Crippen molar-refractivity contribution in [3.63, 3.8) is 0 Å². The van der Waals surface area contributed by atoms with Crippen LogP contribution in [0.4, 0.5) is 0 Å². The molecule has 1 rings (SSSR count). The molecule has 0 spiro atoms. The fraction of sp³-hybridized carbons (Fsp3) is 0.400. The van der Waals surface area contributed by atoms with E-state index in [0.717, 1.165) is 0 Å². The molecule has 6 nitrogen and oxygen atoms in total. The summed E-state index contributed by atoms with van der Waals surface area (Å²) >= 11 is 0. The lowest BCUT2D eigenvalue weighted by Gasteiger charge is -2.13. The third-order valence-electron chi connectivity index (χ3n) is 1.11. The number of rotatable bonds is 1. The van der Waals surface area contributed by atoms with E-state index in [4.69, 9.17) is 0 Å². The zero-order chi connectivity index (χ0) is 8.27. The van der Waals surface area contributed by atoms with Crippen LogP contribution in [-0.4, -0.2) is 24.0 Å². The number of carbonyl (C=O) groups excluding carboxylic acids is 1. The van der Waals surface area contributed by atoms with Crippen LogP contribution in [0.15, 0.2) is 11.9 Å². The second-order valence-corrected chi connectivity index (χ2v) is 1.89. The summed E-state index contributed by atoms with van der Waals surface area (Å²) in [7, 11) is 0. The molecule has 1 aliphatic heterocycles. The van der Waals surface area contributed by atoms with Crippen molar-refractivity contribution in [2.24, 2.45) is 0 Å². The van der Waals surface area contributed by atoms with E-state index in [0.29, 0.717) is 12.7 Å². The molecular weight excluding hydrogens is 152 g/mol. The zero-order valence-corrected chi connectivity index (χ0v) is 5.57. The lowest BCUT2D eigenvalue weighted by atomic mass is 10.4. The molecule has 0 amide bonds. The maximum atomic E-state index is 10.7. The highest BCUT2D eigenvalue weighted by Gasteiger charge is 2.18. The minimum absolute atomic E-state index is 0.0961. The first-order valence-corrected chi connectivity index (χ1v) is 2.96. The summed E-state index contributed by atoms with van der Waals surface area (Å²) in [6.07, 6.45) is 0.599. The van der Waals surface area contributed by atoms with Gasteiger partial charge in [-0.15, -0.1) is 0 Å². The zero-order valence-electron chi connectivity index (χ0n) is 5.57. The van der Waals surface area contributed by atoms with E-state index in [1.165, 1.54) is 0 Å². The fourth-order valence-electron chi connectivity index (χ4n) is 0.683. The summed E-state index contributed by atoms with van der Waals surface area (Å²) in [4.78, 5) is 19.9. The highest BCUT2D eigenvalue weighted by atomic mass is 16.6. The third kappa shape index (κ3) is 1.92. The van der Waals surface area contributed by atoms with Gasteiger partial charge in [0.15, 0.2) is 5.70 Å². The van der Waals surface area contributed by atoms with Crippen LogP contribution >= 0.6 is 0 Å². The first-order valence-electron chi connectivity index (χ1n) is 2.96. The Balaban J connectivity index is 2.68. The number of hydrogen-bond donors (Lipinski definition) is 1. The van der Waals surface area contributed by atoms with Gasteiger partial charge in [0.05, 0.1) is 4.92 Å². The van der Waals surface area contributed by atoms with Crippen molar-refractivity contribution >= 4 is 5.97 Å². The number of nitrogens with one attached hydrogen (secondary N) is 1. The molecule has 1 heterocycles. The topological polar surface area (TPSA) is 81.5 Å². The van der Waals surface area contributed by atoms with Gasteiger partial charge in [0, 0.05) is 6.54 Å². The Morgan fingerprint density at radius 3 is 3.00 bits per heavy atom. The van der Waals surface area contributed by atoms with Crippen LogP contribution in [0.25, 0.3) is 0 Å². The van der Waals surface area contributed by atoms with Gasteiger partial charge < -0.3 is 10.1 Å². The van der Waals surface area contributed by atoms with E-state index in [1.54, 1.807) is 0 Å². The van der Waals surface area contributed by atoms with E-state index < -0.39 is 10.9 Å². The number of nitro groups is 1. The molecule has 0 bridgehead atoms. The molecule has 0 aromatic heterocycles. The highest BCUT2D eigenvalue weighted by Crippen LogP contribution is 1.98. The van der Waals surface area contributed by atoms with Gasteiger partial charge >= 0.3 is 5.97 Å². The molecule has 0 aliphatic carbocycles. The van der Waals surface area contributed by atoms with Crippen molar-refractivity contribution in [2.45, 2.75) is 0 Å². The van der Waals surface area contributed by atoms with E-state index in [9.17, 15) is 14.9 Å². The summed E-state index contributed by atoms with van der Waals surface area (Å²) in [5, 5.41) is 12.4. The number of carbonyl (C=O) groups is 1. The molecule has 60 valence electrons. The van der Waals surface area contributed by atoms with Crippen molar-refractivity contribution in [2.75, 3.05) is 13.2 Å². The van der Waals surface area contributed by atoms with Crippen LogP contribution in [-0.2, 0) is 9.53 Å². The number of hydrogen-bond acceptors (Lipinski definition) is 5. The third-order valence-corrected chi connectivity index (χ3v) is 1.11. The number of esters is 1. The smallest absolute Gasteiger partial charge is 0.360 e. The van der Waals surface area contributed by atoms with E-state index in [2.05, 4.69) is 10.1 Å². The largest absolute Gasteiger partial charge is 0.459 e. The summed E-state index contributed by atoms with van der Waals surface area (Å²) < 4.78 is 4.52. The first kappa shape index (κ1) is 7.52. The second-order valence-electron chi connectivity index (χ2n) is 1.89. The van der Waals surface area contributed by atoms with Crippen LogP contribution in [0, 0.1) is 10.1 Å². The van der Waals surface area contributed by atoms with Gasteiger partial charge in [0.25, 0.3) is 6.20 Å². The normalized spacial score (nSPS) is 20.7. The van der Waals surface area contributed by atoms with Crippen LogP contribution in [0.2, 0.25) is 0 Å². The molecular formula is C5H6N2O4. The molecule has 1 N–H and O–H groups in total. The van der Waals surface area contributed by atoms with Gasteiger partial charge in [0.2, 0.25) is 0 Å². The minimum atomic E-state index is -0.699. The predicted molar refractivity (Wildman–Crippen MR) is 34.0 cm³/mol. The maximum Gasteiger partial charge on any atom is 0.360 e. The van der Waals surface area contributed by atoms with Crippen molar-refractivity contribution in [3.05, 3.63) is 22.0 Å². The minimum Gasteiger partial charge on any atom is -0.459 e. The molecule has 0 aromatic rings. The molecule has 0 aromatic carbocycles. The summed E-state index contributed by atoms with van der Waals surface area (Å²) in [6, 6.07) is 0. The lowest BCUT2D eigenvalue weighted by Crippen LogP contribution is -2.33. The number of nitrogens with zero attached hydrogens (tertiary/aromatic N) is 1. The quantitative estimate of drug-likeness (QED) is 0.235. The van der Waals surface area contributed by atoms with Crippen molar-refractivity contribution in [1.29, 1.82) is 0 Å². The molecule has 0 saturated carbocycles. The van der Waals surface area contributed by atoms with Gasteiger partial charge in [-0.05, 0) is 0 Å². The van der Waals surface area contributed by atoms with Gasteiger partial charge in [0.1, 0.15) is 6.61 Å². The Kier molecular flexibility index (Phi) is 2.05. The van der Waals surface area contributed by atoms with Gasteiger partial charge in [-0.2, -0.15) is 0 Å². The number of morpholine rings is 1. The molecule has 6 heteroatoms. The average molecular weight is 158 g/mol. The fourth-order valence-corrected chi connectivity index (χ4v) is 0.683. The monoisotopic (exact) mass is 158 g/mol. The first-order chi connectivity index (χ1) is 5.20. The molecule has 1 saturated heterocycles. The van der Waals surface area contributed by atoms with Gasteiger partial charge in [-0.3, -0.25) is 10.1 Å².